The van der Waals surface area contributed by atoms with Crippen LogP contribution in [-0.2, 0) is 22.5 Å². The minimum atomic E-state index is -0.273. The van der Waals surface area contributed by atoms with Gasteiger partial charge in [0.15, 0.2) is 5.13 Å². The average Bonchev–Trinajstić information content (AvgIpc) is 2.96. The first-order chi connectivity index (χ1) is 8.69. The van der Waals surface area contributed by atoms with Crippen LogP contribution in [0.25, 0.3) is 0 Å². The highest BCUT2D eigenvalue weighted by molar-refractivity contribution is 7.13. The lowest BCUT2D eigenvalue weighted by atomic mass is 10.3. The van der Waals surface area contributed by atoms with Gasteiger partial charge in [0.1, 0.15) is 0 Å². The number of aromatic nitrogens is 2. The van der Waals surface area contributed by atoms with Crippen LogP contribution in [-0.4, -0.2) is 23.0 Å². The number of thiazole rings is 2. The molecule has 0 amide bonds. The Kier molecular flexibility index (Phi) is 4.27. The standard InChI is InChI=1S/C11H13N3O2S2/c1-7-9(18-6-13-7)4-12-11-14-8(5-17-11)3-10(15)16-2/h5-6H,3-4H2,1-2H3,(H,12,14). The van der Waals surface area contributed by atoms with Crippen LogP contribution in [0.4, 0.5) is 5.13 Å². The second kappa shape index (κ2) is 5.92. The lowest BCUT2D eigenvalue weighted by Crippen LogP contribution is -2.05. The SMILES string of the molecule is COC(=O)Cc1csc(NCc2scnc2C)n1. The molecule has 0 atom stereocenters. The molecule has 0 unspecified atom stereocenters. The van der Waals surface area contributed by atoms with E-state index in [9.17, 15) is 4.79 Å². The Balaban J connectivity index is 1.91. The number of anilines is 1. The maximum atomic E-state index is 11.1. The van der Waals surface area contributed by atoms with E-state index in [1.54, 1.807) is 11.3 Å². The molecule has 0 aliphatic carbocycles. The molecule has 0 aliphatic rings. The van der Waals surface area contributed by atoms with Gasteiger partial charge in [0, 0.05) is 10.3 Å². The number of esters is 1. The summed E-state index contributed by atoms with van der Waals surface area (Å²) in [5.41, 5.74) is 3.60. The van der Waals surface area contributed by atoms with E-state index in [1.165, 1.54) is 23.3 Å². The zero-order valence-corrected chi connectivity index (χ0v) is 11.7. The van der Waals surface area contributed by atoms with Crippen molar-refractivity contribution in [3.05, 3.63) is 27.2 Å². The summed E-state index contributed by atoms with van der Waals surface area (Å²) in [5, 5.41) is 5.89. The number of ether oxygens (including phenoxy) is 1. The molecule has 5 nitrogen and oxygen atoms in total. The predicted molar refractivity (Wildman–Crippen MR) is 72.0 cm³/mol. The number of carbonyl (C=O) groups is 1. The average molecular weight is 283 g/mol. The Morgan fingerprint density at radius 3 is 3.00 bits per heavy atom. The molecule has 0 fully saturated rings. The molecule has 96 valence electrons. The summed E-state index contributed by atoms with van der Waals surface area (Å²) in [6.45, 7) is 2.69. The number of methoxy groups -OCH3 is 1. The lowest BCUT2D eigenvalue weighted by molar-refractivity contribution is -0.139. The molecule has 18 heavy (non-hydrogen) atoms. The summed E-state index contributed by atoms with van der Waals surface area (Å²) in [6, 6.07) is 0. The Morgan fingerprint density at radius 2 is 2.33 bits per heavy atom. The van der Waals surface area contributed by atoms with Crippen LogP contribution in [0.2, 0.25) is 0 Å². The highest BCUT2D eigenvalue weighted by Crippen LogP contribution is 2.19. The van der Waals surface area contributed by atoms with E-state index in [0.717, 1.165) is 16.5 Å². The molecule has 7 heteroatoms. The molecule has 0 aliphatic heterocycles. The van der Waals surface area contributed by atoms with Crippen molar-refractivity contribution < 1.29 is 9.53 Å². The number of aryl methyl sites for hydroxylation is 1. The second-order valence-electron chi connectivity index (χ2n) is 3.61. The molecule has 0 spiro atoms. The van der Waals surface area contributed by atoms with Crippen molar-refractivity contribution in [1.82, 2.24) is 9.97 Å². The molecule has 2 heterocycles. The summed E-state index contributed by atoms with van der Waals surface area (Å²) in [7, 11) is 1.38. The van der Waals surface area contributed by atoms with Crippen LogP contribution in [0.5, 0.6) is 0 Å². The van der Waals surface area contributed by atoms with Crippen molar-refractivity contribution in [2.45, 2.75) is 19.9 Å². The van der Waals surface area contributed by atoms with E-state index in [1.807, 2.05) is 17.8 Å². The molecule has 0 bridgehead atoms. The normalized spacial score (nSPS) is 10.3. The third kappa shape index (κ3) is 3.27. The van der Waals surface area contributed by atoms with E-state index in [0.29, 0.717) is 6.54 Å². The first kappa shape index (κ1) is 13.0. The summed E-state index contributed by atoms with van der Waals surface area (Å²) < 4.78 is 4.60. The minimum absolute atomic E-state index is 0.217. The second-order valence-corrected chi connectivity index (χ2v) is 5.41. The fourth-order valence-electron chi connectivity index (χ4n) is 1.34. The highest BCUT2D eigenvalue weighted by atomic mass is 32.1. The van der Waals surface area contributed by atoms with Gasteiger partial charge in [-0.2, -0.15) is 0 Å². The first-order valence-corrected chi connectivity index (χ1v) is 7.09. The fourth-order valence-corrected chi connectivity index (χ4v) is 2.77. The van der Waals surface area contributed by atoms with Gasteiger partial charge < -0.3 is 10.1 Å². The molecule has 2 aromatic heterocycles. The van der Waals surface area contributed by atoms with Gasteiger partial charge in [0.25, 0.3) is 0 Å². The fraction of sp³-hybridized carbons (Fsp3) is 0.364. The van der Waals surface area contributed by atoms with Gasteiger partial charge in [-0.25, -0.2) is 9.97 Å². The third-order valence-corrected chi connectivity index (χ3v) is 4.13. The summed E-state index contributed by atoms with van der Waals surface area (Å²) in [5.74, 6) is -0.273. The van der Waals surface area contributed by atoms with Crippen LogP contribution in [0.1, 0.15) is 16.3 Å². The smallest absolute Gasteiger partial charge is 0.311 e. The van der Waals surface area contributed by atoms with Gasteiger partial charge in [0.2, 0.25) is 0 Å². The number of carbonyl (C=O) groups excluding carboxylic acids is 1. The zero-order valence-electron chi connectivity index (χ0n) is 10.1. The number of rotatable bonds is 5. The first-order valence-electron chi connectivity index (χ1n) is 5.33. The third-order valence-electron chi connectivity index (χ3n) is 2.35. The quantitative estimate of drug-likeness (QED) is 0.853. The monoisotopic (exact) mass is 283 g/mol. The molecule has 2 rings (SSSR count). The number of hydrogen-bond donors (Lipinski definition) is 1. The molecular formula is C11H13N3O2S2. The van der Waals surface area contributed by atoms with E-state index in [2.05, 4.69) is 20.0 Å². The van der Waals surface area contributed by atoms with Crippen molar-refractivity contribution in [2.24, 2.45) is 0 Å². The highest BCUT2D eigenvalue weighted by Gasteiger charge is 2.08. The number of nitrogens with one attached hydrogen (secondary N) is 1. The summed E-state index contributed by atoms with van der Waals surface area (Å²) in [6.07, 6.45) is 0.217. The van der Waals surface area contributed by atoms with Crippen LogP contribution in [0.3, 0.4) is 0 Å². The van der Waals surface area contributed by atoms with Crippen LogP contribution < -0.4 is 5.32 Å². The topological polar surface area (TPSA) is 64.1 Å². The van der Waals surface area contributed by atoms with E-state index in [4.69, 9.17) is 0 Å². The number of hydrogen-bond acceptors (Lipinski definition) is 7. The van der Waals surface area contributed by atoms with Crippen LogP contribution >= 0.6 is 22.7 Å². The van der Waals surface area contributed by atoms with E-state index >= 15 is 0 Å². The Labute approximate surface area is 113 Å². The maximum Gasteiger partial charge on any atom is 0.311 e. The Morgan fingerprint density at radius 1 is 1.50 bits per heavy atom. The van der Waals surface area contributed by atoms with Gasteiger partial charge >= 0.3 is 5.97 Å². The van der Waals surface area contributed by atoms with Crippen molar-refractivity contribution in [1.29, 1.82) is 0 Å². The molecule has 0 saturated carbocycles. The van der Waals surface area contributed by atoms with Crippen molar-refractivity contribution >= 4 is 33.8 Å². The van der Waals surface area contributed by atoms with Gasteiger partial charge in [-0.15, -0.1) is 22.7 Å². The van der Waals surface area contributed by atoms with Crippen molar-refractivity contribution in [2.75, 3.05) is 12.4 Å². The molecule has 0 radical (unpaired) electrons. The Bertz CT molecular complexity index is 536. The van der Waals surface area contributed by atoms with Gasteiger partial charge in [-0.1, -0.05) is 0 Å². The summed E-state index contributed by atoms with van der Waals surface area (Å²) >= 11 is 3.10. The molecule has 0 aromatic carbocycles. The van der Waals surface area contributed by atoms with Crippen LogP contribution in [0, 0.1) is 6.92 Å². The number of nitrogens with zero attached hydrogens (tertiary/aromatic N) is 2. The van der Waals surface area contributed by atoms with Gasteiger partial charge in [-0.3, -0.25) is 4.79 Å². The predicted octanol–water partition coefficient (Wildman–Crippen LogP) is 2.24. The molecule has 2 aromatic rings. The van der Waals surface area contributed by atoms with Crippen molar-refractivity contribution in [3.8, 4) is 0 Å². The van der Waals surface area contributed by atoms with Crippen molar-refractivity contribution in [3.63, 3.8) is 0 Å². The zero-order chi connectivity index (χ0) is 13.0. The minimum Gasteiger partial charge on any atom is -0.469 e. The van der Waals surface area contributed by atoms with Gasteiger partial charge in [-0.05, 0) is 6.92 Å². The van der Waals surface area contributed by atoms with E-state index in [-0.39, 0.29) is 12.4 Å². The largest absolute Gasteiger partial charge is 0.469 e. The summed E-state index contributed by atoms with van der Waals surface area (Å²) in [4.78, 5) is 20.8. The molecular weight excluding hydrogens is 270 g/mol. The van der Waals surface area contributed by atoms with Crippen LogP contribution in [0.15, 0.2) is 10.9 Å². The molecule has 1 N–H and O–H groups in total. The Hall–Kier alpha value is -1.47. The van der Waals surface area contributed by atoms with Gasteiger partial charge in [0.05, 0.1) is 37.0 Å². The maximum absolute atomic E-state index is 11.1. The molecule has 0 saturated heterocycles. The van der Waals surface area contributed by atoms with E-state index < -0.39 is 0 Å². The lowest BCUT2D eigenvalue weighted by Gasteiger charge is -2.00.